The summed E-state index contributed by atoms with van der Waals surface area (Å²) in [6.45, 7) is 8.27. The first kappa shape index (κ1) is 22.1. The monoisotopic (exact) mass is 395 g/mol. The van der Waals surface area contributed by atoms with Gasteiger partial charge in [0.1, 0.15) is 6.04 Å². The summed E-state index contributed by atoms with van der Waals surface area (Å²) in [7, 11) is 0. The van der Waals surface area contributed by atoms with Gasteiger partial charge in [0, 0.05) is 23.4 Å². The van der Waals surface area contributed by atoms with Crippen molar-refractivity contribution in [1.82, 2.24) is 10.6 Å². The zero-order valence-electron chi connectivity index (χ0n) is 17.4. The zero-order chi connectivity index (χ0) is 21.4. The number of rotatable bonds is 8. The zero-order valence-corrected chi connectivity index (χ0v) is 17.4. The minimum atomic E-state index is -0.662. The molecule has 0 bridgehead atoms. The number of benzene rings is 2. The van der Waals surface area contributed by atoms with E-state index >= 15 is 0 Å². The molecule has 29 heavy (non-hydrogen) atoms. The van der Waals surface area contributed by atoms with E-state index in [9.17, 15) is 14.4 Å². The van der Waals surface area contributed by atoms with Crippen LogP contribution in [0.2, 0.25) is 0 Å². The molecule has 0 aliphatic heterocycles. The van der Waals surface area contributed by atoms with Gasteiger partial charge in [0.25, 0.3) is 11.8 Å². The summed E-state index contributed by atoms with van der Waals surface area (Å²) in [5, 5.41) is 8.42. The fourth-order valence-electron chi connectivity index (χ4n) is 2.96. The van der Waals surface area contributed by atoms with Crippen LogP contribution in [0.25, 0.3) is 0 Å². The lowest BCUT2D eigenvalue weighted by Crippen LogP contribution is -2.44. The van der Waals surface area contributed by atoms with Crippen LogP contribution in [0.3, 0.4) is 0 Å². The number of hydrogen-bond donors (Lipinski definition) is 3. The molecule has 6 nitrogen and oxygen atoms in total. The molecule has 6 heteroatoms. The highest BCUT2D eigenvalue weighted by Gasteiger charge is 2.23. The molecule has 1 unspecified atom stereocenters. The van der Waals surface area contributed by atoms with Gasteiger partial charge in [-0.25, -0.2) is 0 Å². The van der Waals surface area contributed by atoms with E-state index in [2.05, 4.69) is 16.0 Å². The van der Waals surface area contributed by atoms with E-state index in [1.54, 1.807) is 36.4 Å². The normalized spacial score (nSPS) is 11.6. The van der Waals surface area contributed by atoms with Crippen LogP contribution < -0.4 is 16.0 Å². The maximum Gasteiger partial charge on any atom is 0.252 e. The first-order valence-electron chi connectivity index (χ1n) is 9.87. The molecule has 2 rings (SSSR count). The molecule has 154 valence electrons. The van der Waals surface area contributed by atoms with Crippen molar-refractivity contribution in [2.45, 2.75) is 40.2 Å². The molecule has 3 amide bonds. The van der Waals surface area contributed by atoms with Crippen LogP contribution in [0.15, 0.2) is 48.5 Å². The van der Waals surface area contributed by atoms with Gasteiger partial charge < -0.3 is 16.0 Å². The molecule has 2 aromatic rings. The molecule has 0 spiro atoms. The Kier molecular flexibility index (Phi) is 7.95. The van der Waals surface area contributed by atoms with Crippen molar-refractivity contribution in [3.63, 3.8) is 0 Å². The summed E-state index contributed by atoms with van der Waals surface area (Å²) >= 11 is 0. The minimum absolute atomic E-state index is 0.159. The lowest BCUT2D eigenvalue weighted by atomic mass is 10.0. The summed E-state index contributed by atoms with van der Waals surface area (Å²) < 4.78 is 0. The Balaban J connectivity index is 2.09. The number of carbonyl (C=O) groups excluding carboxylic acids is 3. The predicted octanol–water partition coefficient (Wildman–Crippen LogP) is 3.53. The average Bonchev–Trinajstić information content (AvgIpc) is 2.68. The van der Waals surface area contributed by atoms with Gasteiger partial charge >= 0.3 is 0 Å². The van der Waals surface area contributed by atoms with Crippen molar-refractivity contribution < 1.29 is 14.4 Å². The Labute approximate surface area is 172 Å². The van der Waals surface area contributed by atoms with Gasteiger partial charge in [-0.05, 0) is 62.1 Å². The van der Waals surface area contributed by atoms with Crippen LogP contribution in [-0.2, 0) is 4.79 Å². The number of hydrogen-bond acceptors (Lipinski definition) is 3. The average molecular weight is 396 g/mol. The van der Waals surface area contributed by atoms with Crippen LogP contribution in [0, 0.1) is 12.8 Å². The molecular formula is C23H29N3O3. The second-order valence-electron chi connectivity index (χ2n) is 7.40. The van der Waals surface area contributed by atoms with Gasteiger partial charge in [-0.1, -0.05) is 32.0 Å². The number of anilines is 1. The van der Waals surface area contributed by atoms with Crippen molar-refractivity contribution in [3.8, 4) is 0 Å². The quantitative estimate of drug-likeness (QED) is 0.639. The van der Waals surface area contributed by atoms with Crippen LogP contribution in [-0.4, -0.2) is 30.3 Å². The number of aryl methyl sites for hydroxylation is 1. The molecule has 0 saturated heterocycles. The molecule has 0 radical (unpaired) electrons. The van der Waals surface area contributed by atoms with E-state index in [0.29, 0.717) is 29.8 Å². The molecule has 0 aliphatic carbocycles. The second kappa shape index (κ2) is 10.4. The molecule has 0 aromatic heterocycles. The van der Waals surface area contributed by atoms with E-state index in [0.717, 1.165) is 5.56 Å². The van der Waals surface area contributed by atoms with Gasteiger partial charge in [0.15, 0.2) is 0 Å². The molecular weight excluding hydrogens is 366 g/mol. The first-order valence-corrected chi connectivity index (χ1v) is 9.87. The van der Waals surface area contributed by atoms with E-state index in [4.69, 9.17) is 0 Å². The molecule has 3 N–H and O–H groups in total. The lowest BCUT2D eigenvalue weighted by molar-refractivity contribution is -0.118. The van der Waals surface area contributed by atoms with Crippen molar-refractivity contribution in [1.29, 1.82) is 0 Å². The van der Waals surface area contributed by atoms with Crippen molar-refractivity contribution >= 4 is 23.4 Å². The molecule has 0 aliphatic rings. The highest BCUT2D eigenvalue weighted by atomic mass is 16.2. The van der Waals surface area contributed by atoms with Crippen LogP contribution in [0.4, 0.5) is 5.69 Å². The van der Waals surface area contributed by atoms with Crippen LogP contribution in [0.5, 0.6) is 0 Å². The fraction of sp³-hybridized carbons (Fsp3) is 0.348. The molecule has 1 atom stereocenters. The van der Waals surface area contributed by atoms with E-state index in [-0.39, 0.29) is 23.6 Å². The Morgan fingerprint density at radius 3 is 2.17 bits per heavy atom. The lowest BCUT2D eigenvalue weighted by Gasteiger charge is -2.21. The van der Waals surface area contributed by atoms with Crippen molar-refractivity contribution in [3.05, 3.63) is 65.2 Å². The molecule has 0 heterocycles. The summed E-state index contributed by atoms with van der Waals surface area (Å²) in [5.74, 6) is -0.488. The van der Waals surface area contributed by atoms with Crippen molar-refractivity contribution in [2.75, 3.05) is 11.9 Å². The SMILES string of the molecule is CCNC(=O)c1ccc(NC(=O)C(CC(C)C)NC(=O)c2ccccc2C)cc1. The Morgan fingerprint density at radius 1 is 0.931 bits per heavy atom. The Morgan fingerprint density at radius 2 is 1.59 bits per heavy atom. The van der Waals surface area contributed by atoms with Gasteiger partial charge in [-0.3, -0.25) is 14.4 Å². The topological polar surface area (TPSA) is 87.3 Å². The van der Waals surface area contributed by atoms with Gasteiger partial charge in [0.05, 0.1) is 0 Å². The third kappa shape index (κ3) is 6.45. The van der Waals surface area contributed by atoms with Crippen LogP contribution >= 0.6 is 0 Å². The van der Waals surface area contributed by atoms with Gasteiger partial charge in [0.2, 0.25) is 5.91 Å². The third-order valence-electron chi connectivity index (χ3n) is 4.47. The Hall–Kier alpha value is -3.15. The first-order chi connectivity index (χ1) is 13.8. The molecule has 2 aromatic carbocycles. The van der Waals surface area contributed by atoms with Crippen molar-refractivity contribution in [2.24, 2.45) is 5.92 Å². The standard InChI is InChI=1S/C23H29N3O3/c1-5-24-21(27)17-10-12-18(13-11-17)25-23(29)20(14-15(2)3)26-22(28)19-9-7-6-8-16(19)4/h6-13,15,20H,5,14H2,1-4H3,(H,24,27)(H,25,29)(H,26,28). The maximum atomic E-state index is 12.8. The number of amides is 3. The predicted molar refractivity (Wildman–Crippen MR) is 115 cm³/mol. The molecule has 0 saturated carbocycles. The van der Waals surface area contributed by atoms with Crippen LogP contribution in [0.1, 0.15) is 53.5 Å². The number of carbonyl (C=O) groups is 3. The maximum absolute atomic E-state index is 12.8. The summed E-state index contributed by atoms with van der Waals surface area (Å²) in [5.41, 5.74) is 2.51. The summed E-state index contributed by atoms with van der Waals surface area (Å²) in [4.78, 5) is 37.3. The summed E-state index contributed by atoms with van der Waals surface area (Å²) in [6.07, 6.45) is 0.514. The van der Waals surface area contributed by atoms with Gasteiger partial charge in [-0.2, -0.15) is 0 Å². The van der Waals surface area contributed by atoms with Gasteiger partial charge in [-0.15, -0.1) is 0 Å². The highest BCUT2D eigenvalue weighted by molar-refractivity contribution is 6.02. The minimum Gasteiger partial charge on any atom is -0.352 e. The fourth-order valence-corrected chi connectivity index (χ4v) is 2.96. The summed E-state index contributed by atoms with van der Waals surface area (Å²) in [6, 6.07) is 13.3. The second-order valence-corrected chi connectivity index (χ2v) is 7.40. The van der Waals surface area contributed by atoms with E-state index in [1.807, 2.05) is 39.8 Å². The Bertz CT molecular complexity index is 860. The van der Waals surface area contributed by atoms with E-state index in [1.165, 1.54) is 0 Å². The number of nitrogens with one attached hydrogen (secondary N) is 3. The van der Waals surface area contributed by atoms with E-state index < -0.39 is 6.04 Å². The molecule has 0 fully saturated rings. The third-order valence-corrected chi connectivity index (χ3v) is 4.47. The highest BCUT2D eigenvalue weighted by Crippen LogP contribution is 2.14. The smallest absolute Gasteiger partial charge is 0.252 e. The largest absolute Gasteiger partial charge is 0.352 e.